The van der Waals surface area contributed by atoms with Crippen molar-refractivity contribution in [2.24, 2.45) is 13.0 Å². The van der Waals surface area contributed by atoms with E-state index in [9.17, 15) is 0 Å². The van der Waals surface area contributed by atoms with Crippen molar-refractivity contribution in [2.45, 2.75) is 38.6 Å². The predicted molar refractivity (Wildman–Crippen MR) is 61.5 cm³/mol. The summed E-state index contributed by atoms with van der Waals surface area (Å²) in [5.41, 5.74) is 1.15. The van der Waals surface area contributed by atoms with E-state index in [-0.39, 0.29) is 0 Å². The molecule has 1 saturated carbocycles. The van der Waals surface area contributed by atoms with Gasteiger partial charge in [-0.05, 0) is 25.3 Å². The van der Waals surface area contributed by atoms with Crippen LogP contribution < -0.4 is 5.32 Å². The third-order valence-electron chi connectivity index (χ3n) is 3.22. The highest BCUT2D eigenvalue weighted by Gasteiger charge is 2.12. The number of rotatable bonds is 4. The van der Waals surface area contributed by atoms with Gasteiger partial charge in [-0.25, -0.2) is 4.98 Å². The maximum absolute atomic E-state index is 4.30. The van der Waals surface area contributed by atoms with Crippen LogP contribution in [-0.2, 0) is 13.6 Å². The second-order valence-corrected chi connectivity index (χ2v) is 4.67. The van der Waals surface area contributed by atoms with Gasteiger partial charge in [0.25, 0.3) is 0 Å². The molecule has 0 spiro atoms. The molecule has 1 aromatic heterocycles. The molecule has 0 amide bonds. The number of hydrogen-bond donors (Lipinski definition) is 1. The van der Waals surface area contributed by atoms with E-state index in [2.05, 4.69) is 16.5 Å². The minimum atomic E-state index is 0.905. The number of imidazole rings is 1. The van der Waals surface area contributed by atoms with E-state index in [4.69, 9.17) is 0 Å². The minimum absolute atomic E-state index is 0.905. The molecular weight excluding hydrogens is 186 g/mol. The molecule has 0 bridgehead atoms. The molecule has 0 atom stereocenters. The average molecular weight is 207 g/mol. The molecule has 2 rings (SSSR count). The fourth-order valence-electron chi connectivity index (χ4n) is 2.35. The highest BCUT2D eigenvalue weighted by atomic mass is 15.0. The van der Waals surface area contributed by atoms with Crippen molar-refractivity contribution in [2.75, 3.05) is 6.54 Å². The van der Waals surface area contributed by atoms with Crippen LogP contribution in [0, 0.1) is 5.92 Å². The molecule has 15 heavy (non-hydrogen) atoms. The second kappa shape index (κ2) is 5.31. The molecule has 84 valence electrons. The van der Waals surface area contributed by atoms with Crippen LogP contribution in [0.2, 0.25) is 0 Å². The molecule has 0 aromatic carbocycles. The molecule has 1 heterocycles. The van der Waals surface area contributed by atoms with Crippen molar-refractivity contribution < 1.29 is 0 Å². The van der Waals surface area contributed by atoms with Gasteiger partial charge in [-0.3, -0.25) is 0 Å². The summed E-state index contributed by atoms with van der Waals surface area (Å²) < 4.78 is 2.00. The van der Waals surface area contributed by atoms with Crippen LogP contribution in [0.4, 0.5) is 0 Å². The SMILES string of the molecule is Cn1cnc(CNCC2CCCCC2)c1. The Bertz CT molecular complexity index is 287. The summed E-state index contributed by atoms with van der Waals surface area (Å²) in [6.07, 6.45) is 11.1. The monoisotopic (exact) mass is 207 g/mol. The molecular formula is C12H21N3. The Balaban J connectivity index is 1.65. The number of nitrogens with zero attached hydrogens (tertiary/aromatic N) is 2. The highest BCUT2D eigenvalue weighted by Crippen LogP contribution is 2.22. The van der Waals surface area contributed by atoms with Crippen molar-refractivity contribution in [1.29, 1.82) is 0 Å². The molecule has 0 aliphatic heterocycles. The van der Waals surface area contributed by atoms with Crippen LogP contribution in [0.15, 0.2) is 12.5 Å². The van der Waals surface area contributed by atoms with Gasteiger partial charge in [-0.15, -0.1) is 0 Å². The first-order valence-electron chi connectivity index (χ1n) is 6.02. The van der Waals surface area contributed by atoms with E-state index in [1.165, 1.54) is 32.1 Å². The van der Waals surface area contributed by atoms with E-state index in [1.807, 2.05) is 17.9 Å². The van der Waals surface area contributed by atoms with Crippen molar-refractivity contribution in [3.63, 3.8) is 0 Å². The van der Waals surface area contributed by atoms with Gasteiger partial charge in [0.2, 0.25) is 0 Å². The minimum Gasteiger partial charge on any atom is -0.340 e. The zero-order chi connectivity index (χ0) is 10.5. The molecule has 0 unspecified atom stereocenters. The van der Waals surface area contributed by atoms with Crippen molar-refractivity contribution in [3.05, 3.63) is 18.2 Å². The number of nitrogens with one attached hydrogen (secondary N) is 1. The first kappa shape index (κ1) is 10.7. The first-order chi connectivity index (χ1) is 7.34. The van der Waals surface area contributed by atoms with Crippen LogP contribution in [0.3, 0.4) is 0 Å². The Morgan fingerprint density at radius 1 is 1.40 bits per heavy atom. The summed E-state index contributed by atoms with van der Waals surface area (Å²) in [6.45, 7) is 2.08. The van der Waals surface area contributed by atoms with E-state index in [0.29, 0.717) is 0 Å². The zero-order valence-electron chi connectivity index (χ0n) is 9.58. The Labute approximate surface area is 91.9 Å². The second-order valence-electron chi connectivity index (χ2n) is 4.67. The lowest BCUT2D eigenvalue weighted by Crippen LogP contribution is -2.24. The molecule has 1 fully saturated rings. The van der Waals surface area contributed by atoms with E-state index in [1.54, 1.807) is 0 Å². The van der Waals surface area contributed by atoms with Gasteiger partial charge >= 0.3 is 0 Å². The summed E-state index contributed by atoms with van der Waals surface area (Å²) in [6, 6.07) is 0. The molecule has 0 saturated heterocycles. The number of aromatic nitrogens is 2. The summed E-state index contributed by atoms with van der Waals surface area (Å²) in [5, 5.41) is 3.51. The van der Waals surface area contributed by atoms with E-state index in [0.717, 1.165) is 24.7 Å². The maximum Gasteiger partial charge on any atom is 0.0947 e. The molecule has 1 aromatic rings. The standard InChI is InChI=1S/C12H21N3/c1-15-9-12(14-10-15)8-13-7-11-5-3-2-4-6-11/h9-11,13H,2-8H2,1H3. The lowest BCUT2D eigenvalue weighted by Gasteiger charge is -2.21. The fourth-order valence-corrected chi connectivity index (χ4v) is 2.35. The first-order valence-corrected chi connectivity index (χ1v) is 6.02. The van der Waals surface area contributed by atoms with Gasteiger partial charge < -0.3 is 9.88 Å². The van der Waals surface area contributed by atoms with Crippen molar-refractivity contribution in [1.82, 2.24) is 14.9 Å². The van der Waals surface area contributed by atoms with Gasteiger partial charge in [0, 0.05) is 19.8 Å². The average Bonchev–Trinajstić information content (AvgIpc) is 2.66. The topological polar surface area (TPSA) is 29.9 Å². The van der Waals surface area contributed by atoms with Crippen LogP contribution in [-0.4, -0.2) is 16.1 Å². The molecule has 3 heteroatoms. The Morgan fingerprint density at radius 3 is 2.87 bits per heavy atom. The molecule has 1 aliphatic rings. The summed E-state index contributed by atoms with van der Waals surface area (Å²) in [4.78, 5) is 4.30. The van der Waals surface area contributed by atoms with Gasteiger partial charge in [0.1, 0.15) is 0 Å². The van der Waals surface area contributed by atoms with Gasteiger partial charge in [0.05, 0.1) is 12.0 Å². The van der Waals surface area contributed by atoms with E-state index < -0.39 is 0 Å². The van der Waals surface area contributed by atoms with E-state index >= 15 is 0 Å². The summed E-state index contributed by atoms with van der Waals surface area (Å²) >= 11 is 0. The fraction of sp³-hybridized carbons (Fsp3) is 0.750. The maximum atomic E-state index is 4.30. The Morgan fingerprint density at radius 2 is 2.20 bits per heavy atom. The van der Waals surface area contributed by atoms with Crippen LogP contribution in [0.1, 0.15) is 37.8 Å². The van der Waals surface area contributed by atoms with Gasteiger partial charge in [-0.2, -0.15) is 0 Å². The third kappa shape index (κ3) is 3.34. The molecule has 3 nitrogen and oxygen atoms in total. The predicted octanol–water partition coefficient (Wildman–Crippen LogP) is 2.09. The summed E-state index contributed by atoms with van der Waals surface area (Å²) in [5.74, 6) is 0.905. The van der Waals surface area contributed by atoms with Crippen LogP contribution in [0.25, 0.3) is 0 Å². The summed E-state index contributed by atoms with van der Waals surface area (Å²) in [7, 11) is 2.01. The normalized spacial score (nSPS) is 18.2. The van der Waals surface area contributed by atoms with Crippen molar-refractivity contribution >= 4 is 0 Å². The molecule has 1 N–H and O–H groups in total. The zero-order valence-corrected chi connectivity index (χ0v) is 9.58. The van der Waals surface area contributed by atoms with Gasteiger partial charge in [0.15, 0.2) is 0 Å². The molecule has 1 aliphatic carbocycles. The lowest BCUT2D eigenvalue weighted by atomic mass is 9.89. The number of hydrogen-bond acceptors (Lipinski definition) is 2. The Kier molecular flexibility index (Phi) is 3.78. The van der Waals surface area contributed by atoms with Crippen molar-refractivity contribution in [3.8, 4) is 0 Å². The smallest absolute Gasteiger partial charge is 0.0947 e. The lowest BCUT2D eigenvalue weighted by molar-refractivity contribution is 0.341. The Hall–Kier alpha value is -0.830. The largest absolute Gasteiger partial charge is 0.340 e. The molecule has 0 radical (unpaired) electrons. The van der Waals surface area contributed by atoms with Crippen LogP contribution in [0.5, 0.6) is 0 Å². The van der Waals surface area contributed by atoms with Crippen LogP contribution >= 0.6 is 0 Å². The quantitative estimate of drug-likeness (QED) is 0.819. The third-order valence-corrected chi connectivity index (χ3v) is 3.22. The highest BCUT2D eigenvalue weighted by molar-refractivity contribution is 4.95. The van der Waals surface area contributed by atoms with Gasteiger partial charge in [-0.1, -0.05) is 19.3 Å². The number of aryl methyl sites for hydroxylation is 1.